The maximum Gasteiger partial charge on any atom is 0.178 e. The first-order valence-electron chi connectivity index (χ1n) is 5.94. The molecule has 0 aliphatic rings. The Morgan fingerprint density at radius 1 is 1.30 bits per heavy atom. The Bertz CT molecular complexity index is 790. The minimum Gasteiger partial charge on any atom is -0.493 e. The molecule has 1 N–H and O–H groups in total. The van der Waals surface area contributed by atoms with Crippen LogP contribution in [0, 0.1) is 4.77 Å². The van der Waals surface area contributed by atoms with Crippen LogP contribution in [-0.2, 0) is 6.54 Å². The number of aromatic amines is 1. The summed E-state index contributed by atoms with van der Waals surface area (Å²) >= 11 is 6.96. The van der Waals surface area contributed by atoms with E-state index < -0.39 is 0 Å². The zero-order chi connectivity index (χ0) is 14.1. The Kier molecular flexibility index (Phi) is 3.45. The van der Waals surface area contributed by atoms with Gasteiger partial charge in [0, 0.05) is 17.5 Å². The van der Waals surface area contributed by atoms with Crippen LogP contribution in [0.2, 0.25) is 0 Å². The van der Waals surface area contributed by atoms with Crippen molar-refractivity contribution < 1.29 is 9.47 Å². The van der Waals surface area contributed by atoms with E-state index in [1.54, 1.807) is 25.6 Å². The van der Waals surface area contributed by atoms with E-state index in [4.69, 9.17) is 21.7 Å². The van der Waals surface area contributed by atoms with E-state index in [-0.39, 0.29) is 0 Å². The molecule has 104 valence electrons. The van der Waals surface area contributed by atoms with Crippen molar-refractivity contribution in [3.63, 3.8) is 0 Å². The van der Waals surface area contributed by atoms with Crippen molar-refractivity contribution in [2.75, 3.05) is 14.2 Å². The molecule has 7 heteroatoms. The molecule has 1 aromatic carbocycles. The standard InChI is InChI=1S/C13H13N3O2S2/c1-17-11-3-9-10(4-12(11)18-2)16(13(19)15-9)5-8-6-20-7-14-8/h3-4,6-7H,5H2,1-2H3,(H,15,19). The smallest absolute Gasteiger partial charge is 0.178 e. The number of benzene rings is 1. The van der Waals surface area contributed by atoms with Gasteiger partial charge in [0.2, 0.25) is 0 Å². The van der Waals surface area contributed by atoms with E-state index in [1.807, 2.05) is 27.6 Å². The summed E-state index contributed by atoms with van der Waals surface area (Å²) in [5, 5.41) is 2.02. The molecule has 0 spiro atoms. The molecule has 20 heavy (non-hydrogen) atoms. The highest BCUT2D eigenvalue weighted by Gasteiger charge is 2.12. The van der Waals surface area contributed by atoms with E-state index in [1.165, 1.54) is 0 Å². The Morgan fingerprint density at radius 3 is 2.70 bits per heavy atom. The van der Waals surface area contributed by atoms with Gasteiger partial charge in [-0.25, -0.2) is 4.98 Å². The lowest BCUT2D eigenvalue weighted by atomic mass is 10.2. The van der Waals surface area contributed by atoms with Crippen molar-refractivity contribution in [3.8, 4) is 11.5 Å². The molecule has 0 amide bonds. The second kappa shape index (κ2) is 5.26. The molecule has 3 rings (SSSR count). The fraction of sp³-hybridized carbons (Fsp3) is 0.231. The van der Waals surface area contributed by atoms with Gasteiger partial charge < -0.3 is 19.0 Å². The monoisotopic (exact) mass is 307 g/mol. The Labute approximate surface area is 124 Å². The van der Waals surface area contributed by atoms with Crippen molar-refractivity contribution in [3.05, 3.63) is 33.5 Å². The van der Waals surface area contributed by atoms with Crippen LogP contribution in [0.1, 0.15) is 5.69 Å². The van der Waals surface area contributed by atoms with Crippen LogP contribution in [0.3, 0.4) is 0 Å². The highest BCUT2D eigenvalue weighted by molar-refractivity contribution is 7.71. The third kappa shape index (κ3) is 2.19. The minimum atomic E-state index is 0.637. The van der Waals surface area contributed by atoms with Gasteiger partial charge in [-0.1, -0.05) is 0 Å². The molecule has 2 aromatic heterocycles. The number of aromatic nitrogens is 3. The zero-order valence-electron chi connectivity index (χ0n) is 11.0. The highest BCUT2D eigenvalue weighted by atomic mass is 32.1. The van der Waals surface area contributed by atoms with Crippen molar-refractivity contribution in [1.29, 1.82) is 0 Å². The molecule has 0 aliphatic carbocycles. The minimum absolute atomic E-state index is 0.637. The number of methoxy groups -OCH3 is 2. The van der Waals surface area contributed by atoms with Gasteiger partial charge in [-0.05, 0) is 12.2 Å². The molecule has 0 saturated heterocycles. The average Bonchev–Trinajstić information content (AvgIpc) is 3.06. The molecule has 3 aromatic rings. The van der Waals surface area contributed by atoms with Crippen molar-refractivity contribution in [2.45, 2.75) is 6.54 Å². The van der Waals surface area contributed by atoms with Gasteiger partial charge in [0.1, 0.15) is 0 Å². The second-order valence-corrected chi connectivity index (χ2v) is 5.33. The number of H-pyrrole nitrogens is 1. The van der Waals surface area contributed by atoms with Crippen LogP contribution in [0.4, 0.5) is 0 Å². The number of thiazole rings is 1. The number of ether oxygens (including phenoxy) is 2. The van der Waals surface area contributed by atoms with Crippen LogP contribution >= 0.6 is 23.6 Å². The van der Waals surface area contributed by atoms with Gasteiger partial charge in [-0.15, -0.1) is 11.3 Å². The van der Waals surface area contributed by atoms with Crippen molar-refractivity contribution in [1.82, 2.24) is 14.5 Å². The van der Waals surface area contributed by atoms with Crippen molar-refractivity contribution >= 4 is 34.6 Å². The number of nitrogens with one attached hydrogen (secondary N) is 1. The topological polar surface area (TPSA) is 52.1 Å². The predicted octanol–water partition coefficient (Wildman–Crippen LogP) is 3.22. The quantitative estimate of drug-likeness (QED) is 0.752. The number of hydrogen-bond donors (Lipinski definition) is 1. The summed E-state index contributed by atoms with van der Waals surface area (Å²) in [6.07, 6.45) is 0. The summed E-state index contributed by atoms with van der Waals surface area (Å²) in [5.41, 5.74) is 4.70. The van der Waals surface area contributed by atoms with Gasteiger partial charge in [-0.2, -0.15) is 0 Å². The van der Waals surface area contributed by atoms with Crippen LogP contribution in [0.5, 0.6) is 11.5 Å². The van der Waals surface area contributed by atoms with Gasteiger partial charge >= 0.3 is 0 Å². The fourth-order valence-electron chi connectivity index (χ4n) is 2.12. The molecular weight excluding hydrogens is 294 g/mol. The molecule has 0 fully saturated rings. The third-order valence-electron chi connectivity index (χ3n) is 3.08. The maximum atomic E-state index is 5.39. The molecule has 0 aliphatic heterocycles. The Hall–Kier alpha value is -1.86. The third-order valence-corrected chi connectivity index (χ3v) is 4.04. The first-order chi connectivity index (χ1) is 9.72. The van der Waals surface area contributed by atoms with Crippen LogP contribution in [-0.4, -0.2) is 28.8 Å². The van der Waals surface area contributed by atoms with Gasteiger partial charge in [0.25, 0.3) is 0 Å². The van der Waals surface area contributed by atoms with Gasteiger partial charge in [0.15, 0.2) is 16.3 Å². The first kappa shape index (κ1) is 13.1. The SMILES string of the molecule is COc1cc2[nH]c(=S)n(Cc3cscn3)c2cc1OC. The molecule has 5 nitrogen and oxygen atoms in total. The maximum absolute atomic E-state index is 5.39. The number of nitrogens with zero attached hydrogens (tertiary/aromatic N) is 2. The summed E-state index contributed by atoms with van der Waals surface area (Å²) in [5.74, 6) is 1.36. The zero-order valence-corrected chi connectivity index (χ0v) is 12.7. The summed E-state index contributed by atoms with van der Waals surface area (Å²) in [6.45, 7) is 0.637. The van der Waals surface area contributed by atoms with E-state index in [9.17, 15) is 0 Å². The highest BCUT2D eigenvalue weighted by Crippen LogP contribution is 2.32. The van der Waals surface area contributed by atoms with E-state index >= 15 is 0 Å². The Morgan fingerprint density at radius 2 is 2.05 bits per heavy atom. The number of rotatable bonds is 4. The van der Waals surface area contributed by atoms with E-state index in [0.717, 1.165) is 16.7 Å². The Balaban J connectivity index is 2.16. The lowest BCUT2D eigenvalue weighted by Gasteiger charge is -2.08. The predicted molar refractivity (Wildman–Crippen MR) is 81.4 cm³/mol. The fourth-order valence-corrected chi connectivity index (χ4v) is 2.94. The second-order valence-electron chi connectivity index (χ2n) is 4.22. The van der Waals surface area contributed by atoms with Gasteiger partial charge in [0.05, 0.1) is 43.0 Å². The lowest BCUT2D eigenvalue weighted by Crippen LogP contribution is -2.00. The molecule has 0 radical (unpaired) electrons. The molecule has 2 heterocycles. The summed E-state index contributed by atoms with van der Waals surface area (Å²) < 4.78 is 13.3. The number of hydrogen-bond acceptors (Lipinski definition) is 5. The molecule has 0 saturated carbocycles. The van der Waals surface area contributed by atoms with E-state index in [0.29, 0.717) is 22.8 Å². The normalized spacial score (nSPS) is 10.9. The van der Waals surface area contributed by atoms with Crippen LogP contribution in [0.15, 0.2) is 23.0 Å². The van der Waals surface area contributed by atoms with Crippen LogP contribution < -0.4 is 9.47 Å². The molecule has 0 atom stereocenters. The van der Waals surface area contributed by atoms with Crippen molar-refractivity contribution in [2.24, 2.45) is 0 Å². The summed E-state index contributed by atoms with van der Waals surface area (Å²) in [6, 6.07) is 3.81. The molecule has 0 bridgehead atoms. The first-order valence-corrected chi connectivity index (χ1v) is 7.29. The van der Waals surface area contributed by atoms with E-state index in [2.05, 4.69) is 9.97 Å². The molecular formula is C13H13N3O2S2. The largest absolute Gasteiger partial charge is 0.493 e. The molecule has 0 unspecified atom stereocenters. The number of imidazole rings is 1. The average molecular weight is 307 g/mol. The number of fused-ring (bicyclic) bond motifs is 1. The van der Waals surface area contributed by atoms with Gasteiger partial charge in [-0.3, -0.25) is 0 Å². The lowest BCUT2D eigenvalue weighted by molar-refractivity contribution is 0.355. The summed E-state index contributed by atoms with van der Waals surface area (Å²) in [4.78, 5) is 7.48. The van der Waals surface area contributed by atoms with Crippen LogP contribution in [0.25, 0.3) is 11.0 Å². The summed E-state index contributed by atoms with van der Waals surface area (Å²) in [7, 11) is 3.24.